The number of benzene rings is 3. The standard InChI is InChI=1S/C27H30FNO/c28-26-16-14-23(15-17-26)9-7-8-19-29-20-18-27(30-22-21-29,24-10-3-1-4-11-24)25-12-5-2-6-13-25/h1-6,10-17H,7-9,18-22H2. The Morgan fingerprint density at radius 1 is 0.767 bits per heavy atom. The Balaban J connectivity index is 1.38. The van der Waals surface area contributed by atoms with Gasteiger partial charge in [0.25, 0.3) is 0 Å². The molecule has 1 aliphatic rings. The van der Waals surface area contributed by atoms with Crippen LogP contribution in [0.15, 0.2) is 84.9 Å². The van der Waals surface area contributed by atoms with Gasteiger partial charge < -0.3 is 9.64 Å². The second-order valence-corrected chi connectivity index (χ2v) is 8.08. The number of hydrogen-bond acceptors (Lipinski definition) is 2. The maximum absolute atomic E-state index is 13.0. The summed E-state index contributed by atoms with van der Waals surface area (Å²) in [4.78, 5) is 2.53. The molecule has 0 amide bonds. The number of nitrogens with zero attached hydrogens (tertiary/aromatic N) is 1. The highest BCUT2D eigenvalue weighted by Crippen LogP contribution is 2.38. The predicted octanol–water partition coefficient (Wildman–Crippen LogP) is 5.81. The first kappa shape index (κ1) is 20.8. The molecule has 2 nitrogen and oxygen atoms in total. The molecule has 0 aromatic heterocycles. The molecule has 0 aliphatic carbocycles. The highest BCUT2D eigenvalue weighted by molar-refractivity contribution is 5.36. The van der Waals surface area contributed by atoms with E-state index >= 15 is 0 Å². The first-order chi connectivity index (χ1) is 14.8. The molecule has 30 heavy (non-hydrogen) atoms. The smallest absolute Gasteiger partial charge is 0.123 e. The average molecular weight is 404 g/mol. The van der Waals surface area contributed by atoms with E-state index in [2.05, 4.69) is 65.6 Å². The lowest BCUT2D eigenvalue weighted by Crippen LogP contribution is -2.32. The summed E-state index contributed by atoms with van der Waals surface area (Å²) in [6.45, 7) is 3.77. The van der Waals surface area contributed by atoms with E-state index in [0.717, 1.165) is 51.9 Å². The minimum Gasteiger partial charge on any atom is -0.364 e. The van der Waals surface area contributed by atoms with Gasteiger partial charge in [0.2, 0.25) is 0 Å². The van der Waals surface area contributed by atoms with E-state index in [1.165, 1.54) is 16.7 Å². The molecule has 0 radical (unpaired) electrons. The number of ether oxygens (including phenoxy) is 1. The fourth-order valence-corrected chi connectivity index (χ4v) is 4.42. The van der Waals surface area contributed by atoms with Crippen molar-refractivity contribution in [1.29, 1.82) is 0 Å². The lowest BCUT2D eigenvalue weighted by Gasteiger charge is -2.34. The van der Waals surface area contributed by atoms with Gasteiger partial charge in [0.1, 0.15) is 11.4 Å². The third-order valence-electron chi connectivity index (χ3n) is 6.12. The summed E-state index contributed by atoms with van der Waals surface area (Å²) in [7, 11) is 0. The van der Waals surface area contributed by atoms with Crippen molar-refractivity contribution < 1.29 is 9.13 Å². The maximum atomic E-state index is 13.0. The van der Waals surface area contributed by atoms with E-state index in [9.17, 15) is 4.39 Å². The summed E-state index contributed by atoms with van der Waals surface area (Å²) in [5, 5.41) is 0. The summed E-state index contributed by atoms with van der Waals surface area (Å²) in [5.41, 5.74) is 3.29. The summed E-state index contributed by atoms with van der Waals surface area (Å²) in [6.07, 6.45) is 4.20. The van der Waals surface area contributed by atoms with Gasteiger partial charge in [-0.05, 0) is 61.1 Å². The Morgan fingerprint density at radius 2 is 1.40 bits per heavy atom. The van der Waals surface area contributed by atoms with Gasteiger partial charge in [0.05, 0.1) is 6.61 Å². The van der Waals surface area contributed by atoms with Crippen LogP contribution in [0.2, 0.25) is 0 Å². The number of halogens is 1. The van der Waals surface area contributed by atoms with E-state index in [1.54, 1.807) is 12.1 Å². The van der Waals surface area contributed by atoms with Crippen LogP contribution in [-0.2, 0) is 16.8 Å². The zero-order valence-electron chi connectivity index (χ0n) is 17.5. The lowest BCUT2D eigenvalue weighted by atomic mass is 9.83. The molecule has 156 valence electrons. The van der Waals surface area contributed by atoms with Crippen molar-refractivity contribution in [2.24, 2.45) is 0 Å². The van der Waals surface area contributed by atoms with Crippen molar-refractivity contribution in [2.45, 2.75) is 31.3 Å². The van der Waals surface area contributed by atoms with Crippen LogP contribution in [0.3, 0.4) is 0 Å². The summed E-state index contributed by atoms with van der Waals surface area (Å²) in [6, 6.07) is 28.1. The molecule has 0 N–H and O–H groups in total. The number of unbranched alkanes of at least 4 members (excludes halogenated alkanes) is 1. The second kappa shape index (κ2) is 10.0. The van der Waals surface area contributed by atoms with Crippen molar-refractivity contribution in [3.63, 3.8) is 0 Å². The fraction of sp³-hybridized carbons (Fsp3) is 0.333. The van der Waals surface area contributed by atoms with E-state index in [0.29, 0.717) is 0 Å². The van der Waals surface area contributed by atoms with Gasteiger partial charge >= 0.3 is 0 Å². The Labute approximate surface area is 179 Å². The van der Waals surface area contributed by atoms with Gasteiger partial charge in [-0.2, -0.15) is 0 Å². The Kier molecular flexibility index (Phi) is 6.93. The summed E-state index contributed by atoms with van der Waals surface area (Å²) in [5.74, 6) is -0.163. The van der Waals surface area contributed by atoms with Crippen LogP contribution in [0.1, 0.15) is 36.0 Å². The van der Waals surface area contributed by atoms with Crippen LogP contribution in [0.4, 0.5) is 4.39 Å². The zero-order chi connectivity index (χ0) is 20.7. The van der Waals surface area contributed by atoms with Crippen LogP contribution in [0.5, 0.6) is 0 Å². The minimum absolute atomic E-state index is 0.163. The van der Waals surface area contributed by atoms with Gasteiger partial charge in [0, 0.05) is 13.1 Å². The van der Waals surface area contributed by atoms with Gasteiger partial charge in [0.15, 0.2) is 0 Å². The molecule has 0 spiro atoms. The Bertz CT molecular complexity index is 856. The Morgan fingerprint density at radius 3 is 2.03 bits per heavy atom. The highest BCUT2D eigenvalue weighted by Gasteiger charge is 2.37. The van der Waals surface area contributed by atoms with Crippen LogP contribution in [0, 0.1) is 5.82 Å². The Hall–Kier alpha value is -2.49. The molecule has 0 atom stereocenters. The van der Waals surface area contributed by atoms with Crippen LogP contribution in [0.25, 0.3) is 0 Å². The van der Waals surface area contributed by atoms with Gasteiger partial charge in [-0.3, -0.25) is 0 Å². The molecule has 3 aromatic rings. The molecular formula is C27H30FNO. The van der Waals surface area contributed by atoms with Gasteiger partial charge in [-0.15, -0.1) is 0 Å². The topological polar surface area (TPSA) is 12.5 Å². The second-order valence-electron chi connectivity index (χ2n) is 8.08. The molecule has 4 rings (SSSR count). The lowest BCUT2D eigenvalue weighted by molar-refractivity contribution is -0.0101. The molecule has 1 saturated heterocycles. The monoisotopic (exact) mass is 403 g/mol. The van der Waals surface area contributed by atoms with Gasteiger partial charge in [-0.1, -0.05) is 72.8 Å². The quantitative estimate of drug-likeness (QED) is 0.461. The average Bonchev–Trinajstić information content (AvgIpc) is 3.03. The third kappa shape index (κ3) is 4.97. The number of aryl methyl sites for hydroxylation is 1. The molecule has 1 fully saturated rings. The van der Waals surface area contributed by atoms with Crippen molar-refractivity contribution >= 4 is 0 Å². The van der Waals surface area contributed by atoms with E-state index in [-0.39, 0.29) is 11.4 Å². The molecule has 0 unspecified atom stereocenters. The largest absolute Gasteiger partial charge is 0.364 e. The predicted molar refractivity (Wildman–Crippen MR) is 120 cm³/mol. The van der Waals surface area contributed by atoms with Crippen molar-refractivity contribution in [1.82, 2.24) is 4.90 Å². The van der Waals surface area contributed by atoms with Crippen molar-refractivity contribution in [3.8, 4) is 0 Å². The molecular weight excluding hydrogens is 373 g/mol. The first-order valence-corrected chi connectivity index (χ1v) is 11.0. The molecule has 3 heteroatoms. The third-order valence-corrected chi connectivity index (χ3v) is 6.12. The van der Waals surface area contributed by atoms with Gasteiger partial charge in [-0.25, -0.2) is 4.39 Å². The van der Waals surface area contributed by atoms with E-state index < -0.39 is 0 Å². The highest BCUT2D eigenvalue weighted by atomic mass is 19.1. The number of hydrogen-bond donors (Lipinski definition) is 0. The first-order valence-electron chi connectivity index (χ1n) is 11.0. The van der Waals surface area contributed by atoms with Crippen LogP contribution < -0.4 is 0 Å². The molecule has 3 aromatic carbocycles. The summed E-state index contributed by atoms with van der Waals surface area (Å²) < 4.78 is 19.6. The maximum Gasteiger partial charge on any atom is 0.123 e. The van der Waals surface area contributed by atoms with Crippen LogP contribution in [-0.4, -0.2) is 31.1 Å². The van der Waals surface area contributed by atoms with Crippen molar-refractivity contribution in [3.05, 3.63) is 107 Å². The van der Waals surface area contributed by atoms with Crippen molar-refractivity contribution in [2.75, 3.05) is 26.2 Å². The normalized spacial score (nSPS) is 16.8. The summed E-state index contributed by atoms with van der Waals surface area (Å²) >= 11 is 0. The molecule has 0 bridgehead atoms. The molecule has 1 aliphatic heterocycles. The van der Waals surface area contributed by atoms with E-state index in [4.69, 9.17) is 4.74 Å². The van der Waals surface area contributed by atoms with Crippen LogP contribution >= 0.6 is 0 Å². The molecule has 1 heterocycles. The minimum atomic E-state index is -0.384. The van der Waals surface area contributed by atoms with E-state index in [1.807, 2.05) is 12.1 Å². The molecule has 0 saturated carbocycles. The number of rotatable bonds is 7. The fourth-order valence-electron chi connectivity index (χ4n) is 4.42. The SMILES string of the molecule is Fc1ccc(CCCCN2CCOC(c3ccccc3)(c3ccccc3)CC2)cc1. The zero-order valence-corrected chi connectivity index (χ0v) is 17.5.